The standard InChI is InChI=1S/C9H17N3O2/c1-3-7(2)10-6-9-11-8(4-5-13)12-14-9/h7,10,13H,3-6H2,1-2H3. The highest BCUT2D eigenvalue weighted by molar-refractivity contribution is 4.86. The lowest BCUT2D eigenvalue weighted by Crippen LogP contribution is -2.24. The molecule has 5 heteroatoms. The maximum atomic E-state index is 8.65. The van der Waals surface area contributed by atoms with Crippen molar-refractivity contribution in [2.75, 3.05) is 6.61 Å². The summed E-state index contributed by atoms with van der Waals surface area (Å²) in [6, 6.07) is 0.447. The average Bonchev–Trinajstić information content (AvgIpc) is 2.63. The van der Waals surface area contributed by atoms with Crippen molar-refractivity contribution in [3.63, 3.8) is 0 Å². The van der Waals surface area contributed by atoms with Crippen molar-refractivity contribution in [1.82, 2.24) is 15.5 Å². The van der Waals surface area contributed by atoms with E-state index in [0.29, 0.717) is 30.7 Å². The molecule has 0 saturated carbocycles. The molecule has 2 N–H and O–H groups in total. The molecule has 0 spiro atoms. The number of nitrogens with zero attached hydrogens (tertiary/aromatic N) is 2. The summed E-state index contributed by atoms with van der Waals surface area (Å²) in [7, 11) is 0. The topological polar surface area (TPSA) is 71.2 Å². The smallest absolute Gasteiger partial charge is 0.240 e. The molecule has 0 aliphatic carbocycles. The summed E-state index contributed by atoms with van der Waals surface area (Å²) < 4.78 is 4.98. The Morgan fingerprint density at radius 1 is 1.57 bits per heavy atom. The van der Waals surface area contributed by atoms with E-state index in [-0.39, 0.29) is 6.61 Å². The lowest BCUT2D eigenvalue weighted by atomic mass is 10.3. The van der Waals surface area contributed by atoms with E-state index >= 15 is 0 Å². The molecule has 0 aliphatic rings. The number of hydrogen-bond acceptors (Lipinski definition) is 5. The third-order valence-corrected chi connectivity index (χ3v) is 2.06. The van der Waals surface area contributed by atoms with Gasteiger partial charge in [0.2, 0.25) is 5.89 Å². The molecule has 14 heavy (non-hydrogen) atoms. The normalized spacial score (nSPS) is 13.1. The first-order valence-corrected chi connectivity index (χ1v) is 4.92. The highest BCUT2D eigenvalue weighted by Gasteiger charge is 2.06. The molecular formula is C9H17N3O2. The van der Waals surface area contributed by atoms with E-state index in [1.54, 1.807) is 0 Å². The van der Waals surface area contributed by atoms with Crippen LogP contribution in [0.4, 0.5) is 0 Å². The summed E-state index contributed by atoms with van der Waals surface area (Å²) in [6.07, 6.45) is 1.52. The molecule has 5 nitrogen and oxygen atoms in total. The predicted octanol–water partition coefficient (Wildman–Crippen LogP) is 0.492. The number of aliphatic hydroxyl groups excluding tert-OH is 1. The van der Waals surface area contributed by atoms with Gasteiger partial charge in [-0.15, -0.1) is 0 Å². The zero-order valence-electron chi connectivity index (χ0n) is 8.66. The van der Waals surface area contributed by atoms with Gasteiger partial charge in [0.25, 0.3) is 0 Å². The third kappa shape index (κ3) is 3.43. The number of nitrogens with one attached hydrogen (secondary N) is 1. The van der Waals surface area contributed by atoms with E-state index in [9.17, 15) is 0 Å². The van der Waals surface area contributed by atoms with E-state index in [2.05, 4.69) is 29.3 Å². The van der Waals surface area contributed by atoms with Crippen molar-refractivity contribution >= 4 is 0 Å². The van der Waals surface area contributed by atoms with Crippen LogP contribution in [0, 0.1) is 0 Å². The Labute approximate surface area is 83.5 Å². The van der Waals surface area contributed by atoms with Gasteiger partial charge in [-0.3, -0.25) is 0 Å². The van der Waals surface area contributed by atoms with Gasteiger partial charge in [0.05, 0.1) is 13.2 Å². The van der Waals surface area contributed by atoms with Gasteiger partial charge < -0.3 is 14.9 Å². The minimum absolute atomic E-state index is 0.0533. The summed E-state index contributed by atoms with van der Waals surface area (Å²) in [6.45, 7) is 4.86. The maximum Gasteiger partial charge on any atom is 0.240 e. The van der Waals surface area contributed by atoms with Crippen LogP contribution in [0.2, 0.25) is 0 Å². The van der Waals surface area contributed by atoms with Crippen molar-refractivity contribution in [3.8, 4) is 0 Å². The van der Waals surface area contributed by atoms with E-state index in [0.717, 1.165) is 6.42 Å². The molecule has 1 unspecified atom stereocenters. The van der Waals surface area contributed by atoms with E-state index < -0.39 is 0 Å². The third-order valence-electron chi connectivity index (χ3n) is 2.06. The van der Waals surface area contributed by atoms with Gasteiger partial charge in [0.15, 0.2) is 5.82 Å². The van der Waals surface area contributed by atoms with Crippen LogP contribution in [0.25, 0.3) is 0 Å². The highest BCUT2D eigenvalue weighted by Crippen LogP contribution is 1.98. The van der Waals surface area contributed by atoms with Crippen LogP contribution >= 0.6 is 0 Å². The molecule has 1 rings (SSSR count). The van der Waals surface area contributed by atoms with Gasteiger partial charge in [0.1, 0.15) is 0 Å². The predicted molar refractivity (Wildman–Crippen MR) is 51.7 cm³/mol. The van der Waals surface area contributed by atoms with Crippen LogP contribution in [-0.2, 0) is 13.0 Å². The Morgan fingerprint density at radius 3 is 3.00 bits per heavy atom. The van der Waals surface area contributed by atoms with Crippen LogP contribution in [0.1, 0.15) is 32.0 Å². The van der Waals surface area contributed by atoms with E-state index in [1.807, 2.05) is 0 Å². The van der Waals surface area contributed by atoms with Crippen molar-refractivity contribution in [2.24, 2.45) is 0 Å². The zero-order valence-corrected chi connectivity index (χ0v) is 8.66. The summed E-state index contributed by atoms with van der Waals surface area (Å²) in [5.74, 6) is 1.14. The highest BCUT2D eigenvalue weighted by atomic mass is 16.5. The lowest BCUT2D eigenvalue weighted by molar-refractivity contribution is 0.292. The summed E-state index contributed by atoms with van der Waals surface area (Å²) in [5, 5.41) is 15.6. The van der Waals surface area contributed by atoms with Gasteiger partial charge in [-0.25, -0.2) is 0 Å². The van der Waals surface area contributed by atoms with Gasteiger partial charge in [-0.1, -0.05) is 12.1 Å². The maximum absolute atomic E-state index is 8.65. The average molecular weight is 199 g/mol. The fourth-order valence-electron chi connectivity index (χ4n) is 0.969. The summed E-state index contributed by atoms with van der Waals surface area (Å²) in [5.41, 5.74) is 0. The Kier molecular flexibility index (Phi) is 4.55. The number of rotatable bonds is 6. The molecule has 0 fully saturated rings. The van der Waals surface area contributed by atoms with Crippen molar-refractivity contribution in [2.45, 2.75) is 39.3 Å². The van der Waals surface area contributed by atoms with Gasteiger partial charge >= 0.3 is 0 Å². The molecular weight excluding hydrogens is 182 g/mol. The quantitative estimate of drug-likeness (QED) is 0.697. The van der Waals surface area contributed by atoms with Crippen molar-refractivity contribution in [1.29, 1.82) is 0 Å². The molecule has 0 aromatic carbocycles. The first-order chi connectivity index (χ1) is 6.76. The Hall–Kier alpha value is -0.940. The first-order valence-electron chi connectivity index (χ1n) is 4.92. The minimum Gasteiger partial charge on any atom is -0.396 e. The molecule has 1 aromatic rings. The molecule has 0 aliphatic heterocycles. The van der Waals surface area contributed by atoms with Gasteiger partial charge in [-0.05, 0) is 13.3 Å². The molecule has 0 saturated heterocycles. The van der Waals surface area contributed by atoms with Crippen LogP contribution in [-0.4, -0.2) is 27.9 Å². The van der Waals surface area contributed by atoms with E-state index in [1.165, 1.54) is 0 Å². The number of aliphatic hydroxyl groups is 1. The fourth-order valence-corrected chi connectivity index (χ4v) is 0.969. The van der Waals surface area contributed by atoms with Crippen molar-refractivity contribution < 1.29 is 9.63 Å². The molecule has 1 atom stereocenters. The molecule has 0 amide bonds. The van der Waals surface area contributed by atoms with Crippen LogP contribution < -0.4 is 5.32 Å². The molecule has 1 aromatic heterocycles. The van der Waals surface area contributed by atoms with Crippen LogP contribution in [0.3, 0.4) is 0 Å². The second-order valence-corrected chi connectivity index (χ2v) is 3.27. The van der Waals surface area contributed by atoms with Crippen LogP contribution in [0.15, 0.2) is 4.52 Å². The largest absolute Gasteiger partial charge is 0.396 e. The van der Waals surface area contributed by atoms with Gasteiger partial charge in [0, 0.05) is 12.5 Å². The van der Waals surface area contributed by atoms with E-state index in [4.69, 9.17) is 9.63 Å². The first kappa shape index (κ1) is 11.1. The Balaban J connectivity index is 2.35. The second kappa shape index (κ2) is 5.72. The molecule has 0 bridgehead atoms. The molecule has 80 valence electrons. The van der Waals surface area contributed by atoms with Gasteiger partial charge in [-0.2, -0.15) is 4.98 Å². The van der Waals surface area contributed by atoms with Crippen LogP contribution in [0.5, 0.6) is 0 Å². The second-order valence-electron chi connectivity index (χ2n) is 3.27. The summed E-state index contributed by atoms with van der Waals surface area (Å²) in [4.78, 5) is 4.11. The Bertz CT molecular complexity index is 262. The molecule has 1 heterocycles. The number of aromatic nitrogens is 2. The molecule has 0 radical (unpaired) electrons. The minimum atomic E-state index is 0.0533. The van der Waals surface area contributed by atoms with Crippen molar-refractivity contribution in [3.05, 3.63) is 11.7 Å². The SMILES string of the molecule is CCC(C)NCc1nc(CCO)no1. The lowest BCUT2D eigenvalue weighted by Gasteiger charge is -2.07. The summed E-state index contributed by atoms with van der Waals surface area (Å²) >= 11 is 0. The fraction of sp³-hybridized carbons (Fsp3) is 0.778. The number of hydrogen-bond donors (Lipinski definition) is 2. The zero-order chi connectivity index (χ0) is 10.4. The Morgan fingerprint density at radius 2 is 2.36 bits per heavy atom. The monoisotopic (exact) mass is 199 g/mol.